The Bertz CT molecular complexity index is 789. The average Bonchev–Trinajstić information content (AvgIpc) is 2.95. The highest BCUT2D eigenvalue weighted by Crippen LogP contribution is 2.41. The van der Waals surface area contributed by atoms with Gasteiger partial charge in [-0.1, -0.05) is 38.0 Å². The fourth-order valence-corrected chi connectivity index (χ4v) is 3.60. The molecule has 3 rings (SSSR count). The first kappa shape index (κ1) is 19.3. The maximum Gasteiger partial charge on any atom is 0.416 e. The quantitative estimate of drug-likeness (QED) is 0.791. The standard InChI is InChI=1S/C19H22F3N3O2/c1-3-4-7-10-25-11-14-15(17(25)26)16(23-18(27)24(14)2)12-8-5-6-9-13(12)19(20,21)22/h5-6,8-9,16H,3-4,7,10-11H2,1-2H3,(H,23,27)/t16-/m1/s1. The molecule has 0 unspecified atom stereocenters. The molecule has 1 aromatic carbocycles. The van der Waals surface area contributed by atoms with Gasteiger partial charge in [0.1, 0.15) is 0 Å². The van der Waals surface area contributed by atoms with E-state index in [1.54, 1.807) is 4.90 Å². The Hall–Kier alpha value is -2.51. The predicted molar refractivity (Wildman–Crippen MR) is 93.6 cm³/mol. The third-order valence-corrected chi connectivity index (χ3v) is 5.04. The molecule has 1 atom stereocenters. The fraction of sp³-hybridized carbons (Fsp3) is 0.474. The Morgan fingerprint density at radius 3 is 2.56 bits per heavy atom. The number of hydrogen-bond acceptors (Lipinski definition) is 2. The van der Waals surface area contributed by atoms with Crippen LogP contribution in [0.2, 0.25) is 0 Å². The highest BCUT2D eigenvalue weighted by molar-refractivity contribution is 6.01. The van der Waals surface area contributed by atoms with Gasteiger partial charge < -0.3 is 10.2 Å². The topological polar surface area (TPSA) is 52.7 Å². The molecule has 0 fully saturated rings. The fourth-order valence-electron chi connectivity index (χ4n) is 3.60. The van der Waals surface area contributed by atoms with E-state index in [1.165, 1.54) is 30.1 Å². The first-order valence-corrected chi connectivity index (χ1v) is 8.98. The van der Waals surface area contributed by atoms with Crippen LogP contribution in [0.3, 0.4) is 0 Å². The second-order valence-corrected chi connectivity index (χ2v) is 6.82. The van der Waals surface area contributed by atoms with Crippen LogP contribution in [0.1, 0.15) is 43.4 Å². The number of likely N-dealkylation sites (N-methyl/N-ethyl adjacent to an activating group) is 1. The van der Waals surface area contributed by atoms with E-state index in [0.717, 1.165) is 25.3 Å². The van der Waals surface area contributed by atoms with Crippen LogP contribution >= 0.6 is 0 Å². The van der Waals surface area contributed by atoms with E-state index in [-0.39, 0.29) is 23.6 Å². The van der Waals surface area contributed by atoms with Gasteiger partial charge in [-0.15, -0.1) is 0 Å². The van der Waals surface area contributed by atoms with Gasteiger partial charge in [-0.05, 0) is 18.1 Å². The van der Waals surface area contributed by atoms with Gasteiger partial charge >= 0.3 is 12.2 Å². The van der Waals surface area contributed by atoms with Crippen LogP contribution in [0, 0.1) is 0 Å². The van der Waals surface area contributed by atoms with Gasteiger partial charge in [-0.2, -0.15) is 13.2 Å². The molecule has 146 valence electrons. The Morgan fingerprint density at radius 2 is 1.89 bits per heavy atom. The summed E-state index contributed by atoms with van der Waals surface area (Å²) in [4.78, 5) is 28.2. The number of urea groups is 1. The summed E-state index contributed by atoms with van der Waals surface area (Å²) in [7, 11) is 1.53. The van der Waals surface area contributed by atoms with Crippen molar-refractivity contribution in [3.8, 4) is 0 Å². The zero-order chi connectivity index (χ0) is 19.8. The lowest BCUT2D eigenvalue weighted by atomic mass is 9.92. The third kappa shape index (κ3) is 3.52. The monoisotopic (exact) mass is 381 g/mol. The summed E-state index contributed by atoms with van der Waals surface area (Å²) in [5.41, 5.74) is -0.251. The van der Waals surface area contributed by atoms with Crippen molar-refractivity contribution in [2.75, 3.05) is 20.1 Å². The Labute approximate surface area is 155 Å². The molecule has 5 nitrogen and oxygen atoms in total. The number of nitrogens with one attached hydrogen (secondary N) is 1. The van der Waals surface area contributed by atoms with Gasteiger partial charge in [-0.3, -0.25) is 9.69 Å². The second kappa shape index (κ2) is 7.25. The molecule has 2 heterocycles. The molecule has 8 heteroatoms. The van der Waals surface area contributed by atoms with Crippen molar-refractivity contribution in [1.29, 1.82) is 0 Å². The van der Waals surface area contributed by atoms with Crippen molar-refractivity contribution >= 4 is 11.9 Å². The summed E-state index contributed by atoms with van der Waals surface area (Å²) < 4.78 is 40.4. The number of benzene rings is 1. The Kier molecular flexibility index (Phi) is 5.17. The van der Waals surface area contributed by atoms with Crippen molar-refractivity contribution in [3.63, 3.8) is 0 Å². The van der Waals surface area contributed by atoms with Gasteiger partial charge in [0, 0.05) is 13.6 Å². The summed E-state index contributed by atoms with van der Waals surface area (Å²) in [6.45, 7) is 2.82. The predicted octanol–water partition coefficient (Wildman–Crippen LogP) is 3.69. The van der Waals surface area contributed by atoms with Crippen LogP contribution in [0.25, 0.3) is 0 Å². The number of carbonyl (C=O) groups excluding carboxylic acids is 2. The number of hydrogen-bond donors (Lipinski definition) is 1. The van der Waals surface area contributed by atoms with E-state index in [1.807, 2.05) is 0 Å². The van der Waals surface area contributed by atoms with Gasteiger partial charge in [0.25, 0.3) is 5.91 Å². The van der Waals surface area contributed by atoms with Gasteiger partial charge in [0.15, 0.2) is 0 Å². The molecule has 1 aromatic rings. The smallest absolute Gasteiger partial charge is 0.333 e. The number of nitrogens with zero attached hydrogens (tertiary/aromatic N) is 2. The second-order valence-electron chi connectivity index (χ2n) is 6.82. The summed E-state index contributed by atoms with van der Waals surface area (Å²) in [5.74, 6) is -0.310. The zero-order valence-corrected chi connectivity index (χ0v) is 15.3. The van der Waals surface area contributed by atoms with Gasteiger partial charge in [0.05, 0.1) is 29.4 Å². The van der Waals surface area contributed by atoms with Crippen LogP contribution in [-0.4, -0.2) is 41.9 Å². The van der Waals surface area contributed by atoms with Crippen molar-refractivity contribution in [2.45, 2.75) is 38.4 Å². The summed E-state index contributed by atoms with van der Waals surface area (Å²) in [5, 5.41) is 2.57. The summed E-state index contributed by atoms with van der Waals surface area (Å²) >= 11 is 0. The van der Waals surface area contributed by atoms with E-state index in [0.29, 0.717) is 12.2 Å². The summed E-state index contributed by atoms with van der Waals surface area (Å²) in [6.07, 6.45) is -1.80. The largest absolute Gasteiger partial charge is 0.416 e. The Morgan fingerprint density at radius 1 is 1.19 bits per heavy atom. The van der Waals surface area contributed by atoms with Crippen LogP contribution < -0.4 is 5.32 Å². The van der Waals surface area contributed by atoms with Crippen LogP contribution in [0.15, 0.2) is 35.5 Å². The van der Waals surface area contributed by atoms with E-state index in [4.69, 9.17) is 0 Å². The van der Waals surface area contributed by atoms with Crippen LogP contribution in [0.4, 0.5) is 18.0 Å². The molecule has 0 saturated carbocycles. The lowest BCUT2D eigenvalue weighted by molar-refractivity contribution is -0.138. The molecule has 3 amide bonds. The molecule has 2 aliphatic heterocycles. The molecule has 0 saturated heterocycles. The first-order chi connectivity index (χ1) is 12.8. The van der Waals surface area contributed by atoms with Gasteiger partial charge in [0.2, 0.25) is 0 Å². The zero-order valence-electron chi connectivity index (χ0n) is 15.3. The van der Waals surface area contributed by atoms with Crippen LogP contribution in [0.5, 0.6) is 0 Å². The highest BCUT2D eigenvalue weighted by Gasteiger charge is 2.45. The van der Waals surface area contributed by atoms with Crippen molar-refractivity contribution in [3.05, 3.63) is 46.7 Å². The molecule has 0 aromatic heterocycles. The number of rotatable bonds is 5. The lowest BCUT2D eigenvalue weighted by Gasteiger charge is -2.32. The molecular weight excluding hydrogens is 359 g/mol. The maximum atomic E-state index is 13.5. The number of unbranched alkanes of at least 4 members (excludes halogenated alkanes) is 2. The maximum absolute atomic E-state index is 13.5. The number of carbonyl (C=O) groups is 2. The average molecular weight is 381 g/mol. The van der Waals surface area contributed by atoms with Gasteiger partial charge in [-0.25, -0.2) is 4.79 Å². The Balaban J connectivity index is 2.00. The normalized spacial score (nSPS) is 20.3. The molecule has 0 spiro atoms. The molecule has 0 aliphatic carbocycles. The van der Waals surface area contributed by atoms with E-state index in [9.17, 15) is 22.8 Å². The van der Waals surface area contributed by atoms with Crippen molar-refractivity contribution < 1.29 is 22.8 Å². The minimum absolute atomic E-state index is 0.109. The summed E-state index contributed by atoms with van der Waals surface area (Å²) in [6, 6.07) is 3.44. The first-order valence-electron chi connectivity index (χ1n) is 8.98. The minimum Gasteiger partial charge on any atom is -0.333 e. The molecular formula is C19H22F3N3O2. The molecule has 0 bridgehead atoms. The minimum atomic E-state index is -4.58. The molecule has 0 radical (unpaired) electrons. The van der Waals surface area contributed by atoms with Crippen LogP contribution in [-0.2, 0) is 11.0 Å². The van der Waals surface area contributed by atoms with Crippen molar-refractivity contribution in [2.24, 2.45) is 0 Å². The third-order valence-electron chi connectivity index (χ3n) is 5.04. The van der Waals surface area contributed by atoms with Crippen molar-refractivity contribution in [1.82, 2.24) is 15.1 Å². The molecule has 27 heavy (non-hydrogen) atoms. The number of amides is 3. The molecule has 1 N–H and O–H groups in total. The molecule has 2 aliphatic rings. The number of alkyl halides is 3. The van der Waals surface area contributed by atoms with E-state index < -0.39 is 23.8 Å². The van der Waals surface area contributed by atoms with E-state index in [2.05, 4.69) is 12.2 Å². The van der Waals surface area contributed by atoms with E-state index >= 15 is 0 Å². The SMILES string of the molecule is CCCCCN1CC2=C(C1=O)[C@@H](c1ccccc1C(F)(F)F)NC(=O)N2C. The highest BCUT2D eigenvalue weighted by atomic mass is 19.4. The lowest BCUT2D eigenvalue weighted by Crippen LogP contribution is -2.45. The number of halogens is 3.